The standard InChI is InChI=1S/C22H25N3O6/c1-14(2)21(27)30-10-9-23-22(28)31-13-16-11-15(3)12-19(20(16)26)25-24-17-5-7-18(29-4)8-6-17/h5-8,11-12,26H,1,9-10,13H2,2-4H3,(H,23,28)/b25-24+. The Morgan fingerprint density at radius 1 is 1.13 bits per heavy atom. The van der Waals surface area contributed by atoms with E-state index in [1.54, 1.807) is 43.5 Å². The second-order valence-corrected chi connectivity index (χ2v) is 6.61. The van der Waals surface area contributed by atoms with Crippen molar-refractivity contribution >= 4 is 23.4 Å². The number of rotatable bonds is 9. The van der Waals surface area contributed by atoms with Crippen LogP contribution in [0.2, 0.25) is 0 Å². The largest absolute Gasteiger partial charge is 0.505 e. The molecule has 9 heteroatoms. The summed E-state index contributed by atoms with van der Waals surface area (Å²) in [6.45, 7) is 6.72. The van der Waals surface area contributed by atoms with E-state index in [2.05, 4.69) is 22.1 Å². The molecule has 31 heavy (non-hydrogen) atoms. The molecule has 0 unspecified atom stereocenters. The van der Waals surface area contributed by atoms with Gasteiger partial charge in [-0.25, -0.2) is 9.59 Å². The molecule has 0 fully saturated rings. The van der Waals surface area contributed by atoms with Crippen LogP contribution in [0.3, 0.4) is 0 Å². The summed E-state index contributed by atoms with van der Waals surface area (Å²) in [6, 6.07) is 10.3. The Morgan fingerprint density at radius 2 is 1.84 bits per heavy atom. The average molecular weight is 427 g/mol. The minimum atomic E-state index is -0.714. The second kappa shape index (κ2) is 11.3. The van der Waals surface area contributed by atoms with Crippen LogP contribution in [0.15, 0.2) is 58.8 Å². The predicted molar refractivity (Wildman–Crippen MR) is 114 cm³/mol. The van der Waals surface area contributed by atoms with Crippen LogP contribution < -0.4 is 10.1 Å². The Kier molecular flexibility index (Phi) is 8.56. The summed E-state index contributed by atoms with van der Waals surface area (Å²) in [5.74, 6) is 0.0336. The number of benzene rings is 2. The van der Waals surface area contributed by atoms with Gasteiger partial charge in [-0.05, 0) is 55.8 Å². The normalized spacial score (nSPS) is 10.5. The third-order valence-electron chi connectivity index (χ3n) is 3.97. The molecule has 2 aromatic rings. The van der Waals surface area contributed by atoms with Gasteiger partial charge in [-0.15, -0.1) is 5.11 Å². The van der Waals surface area contributed by atoms with Crippen molar-refractivity contribution in [1.29, 1.82) is 0 Å². The van der Waals surface area contributed by atoms with Crippen molar-refractivity contribution in [3.63, 3.8) is 0 Å². The van der Waals surface area contributed by atoms with Gasteiger partial charge < -0.3 is 24.6 Å². The van der Waals surface area contributed by atoms with E-state index in [1.165, 1.54) is 6.92 Å². The maximum absolute atomic E-state index is 11.8. The molecule has 0 aromatic heterocycles. The molecular formula is C22H25N3O6. The molecule has 0 heterocycles. The lowest BCUT2D eigenvalue weighted by molar-refractivity contribution is -0.138. The number of nitrogens with zero attached hydrogens (tertiary/aromatic N) is 2. The number of alkyl carbamates (subject to hydrolysis) is 1. The lowest BCUT2D eigenvalue weighted by Gasteiger charge is -2.10. The number of nitrogens with one attached hydrogen (secondary N) is 1. The number of carbonyl (C=O) groups excluding carboxylic acids is 2. The SMILES string of the molecule is C=C(C)C(=O)OCCNC(=O)OCc1cc(C)cc(/N=N/c2ccc(OC)cc2)c1O. The monoisotopic (exact) mass is 427 g/mol. The van der Waals surface area contributed by atoms with Gasteiger partial charge >= 0.3 is 12.1 Å². The molecule has 0 spiro atoms. The minimum Gasteiger partial charge on any atom is -0.505 e. The van der Waals surface area contributed by atoms with E-state index in [4.69, 9.17) is 14.2 Å². The maximum Gasteiger partial charge on any atom is 0.407 e. The third-order valence-corrected chi connectivity index (χ3v) is 3.97. The van der Waals surface area contributed by atoms with E-state index in [0.717, 1.165) is 5.56 Å². The van der Waals surface area contributed by atoms with Gasteiger partial charge in [0.2, 0.25) is 0 Å². The van der Waals surface area contributed by atoms with Crippen molar-refractivity contribution in [3.05, 3.63) is 59.7 Å². The fourth-order valence-electron chi connectivity index (χ4n) is 2.39. The van der Waals surface area contributed by atoms with Crippen LogP contribution in [0.4, 0.5) is 16.2 Å². The summed E-state index contributed by atoms with van der Waals surface area (Å²) in [5.41, 5.74) is 2.31. The van der Waals surface area contributed by atoms with Gasteiger partial charge in [0.15, 0.2) is 0 Å². The number of aromatic hydroxyl groups is 1. The smallest absolute Gasteiger partial charge is 0.407 e. The third kappa shape index (κ3) is 7.46. The molecule has 0 aliphatic carbocycles. The van der Waals surface area contributed by atoms with E-state index < -0.39 is 12.1 Å². The molecule has 164 valence electrons. The molecule has 0 saturated heterocycles. The number of hydrogen-bond acceptors (Lipinski definition) is 8. The number of phenols is 1. The molecule has 0 aliphatic rings. The fraction of sp³-hybridized carbons (Fsp3) is 0.273. The number of ether oxygens (including phenoxy) is 3. The van der Waals surface area contributed by atoms with Crippen molar-refractivity contribution in [2.75, 3.05) is 20.3 Å². The number of amides is 1. The first-order valence-corrected chi connectivity index (χ1v) is 9.41. The summed E-state index contributed by atoms with van der Waals surface area (Å²) in [7, 11) is 1.57. The molecule has 0 aliphatic heterocycles. The molecule has 2 N–H and O–H groups in total. The number of aryl methyl sites for hydroxylation is 1. The van der Waals surface area contributed by atoms with Gasteiger partial charge in [-0.1, -0.05) is 6.58 Å². The zero-order valence-electron chi connectivity index (χ0n) is 17.7. The Balaban J connectivity index is 1.93. The van der Waals surface area contributed by atoms with E-state index in [-0.39, 0.29) is 36.8 Å². The first kappa shape index (κ1) is 23.4. The molecular weight excluding hydrogens is 402 g/mol. The molecule has 0 bridgehead atoms. The van der Waals surface area contributed by atoms with Crippen molar-refractivity contribution < 1.29 is 28.9 Å². The maximum atomic E-state index is 11.8. The Morgan fingerprint density at radius 3 is 2.48 bits per heavy atom. The van der Waals surface area contributed by atoms with Gasteiger partial charge in [0.05, 0.1) is 19.3 Å². The number of methoxy groups -OCH3 is 1. The Bertz CT molecular complexity index is 970. The van der Waals surface area contributed by atoms with E-state index >= 15 is 0 Å². The molecule has 2 rings (SSSR count). The summed E-state index contributed by atoms with van der Waals surface area (Å²) in [4.78, 5) is 23.1. The topological polar surface area (TPSA) is 119 Å². The van der Waals surface area contributed by atoms with Gasteiger partial charge in [0.1, 0.15) is 30.4 Å². The summed E-state index contributed by atoms with van der Waals surface area (Å²) in [5, 5.41) is 21.1. The molecule has 0 saturated carbocycles. The highest BCUT2D eigenvalue weighted by Crippen LogP contribution is 2.33. The number of hydrogen-bond donors (Lipinski definition) is 2. The van der Waals surface area contributed by atoms with Crippen LogP contribution >= 0.6 is 0 Å². The lowest BCUT2D eigenvalue weighted by atomic mass is 10.1. The Hall–Kier alpha value is -3.88. The molecule has 2 aromatic carbocycles. The molecule has 0 radical (unpaired) electrons. The molecule has 9 nitrogen and oxygen atoms in total. The number of carbonyl (C=O) groups is 2. The van der Waals surface area contributed by atoms with E-state index in [0.29, 0.717) is 17.0 Å². The van der Waals surface area contributed by atoms with Gasteiger partial charge in [-0.2, -0.15) is 5.11 Å². The fourth-order valence-corrected chi connectivity index (χ4v) is 2.39. The lowest BCUT2D eigenvalue weighted by Crippen LogP contribution is -2.28. The van der Waals surface area contributed by atoms with Crippen molar-refractivity contribution in [3.8, 4) is 11.5 Å². The number of phenolic OH excluding ortho intramolecular Hbond substituents is 1. The number of azo groups is 1. The van der Waals surface area contributed by atoms with Crippen molar-refractivity contribution in [2.24, 2.45) is 10.2 Å². The van der Waals surface area contributed by atoms with Crippen LogP contribution in [-0.4, -0.2) is 37.4 Å². The highest BCUT2D eigenvalue weighted by molar-refractivity contribution is 5.86. The first-order valence-electron chi connectivity index (χ1n) is 9.41. The van der Waals surface area contributed by atoms with Crippen molar-refractivity contribution in [1.82, 2.24) is 5.32 Å². The van der Waals surface area contributed by atoms with Crippen LogP contribution in [0, 0.1) is 6.92 Å². The summed E-state index contributed by atoms with van der Waals surface area (Å²) < 4.78 is 15.1. The van der Waals surface area contributed by atoms with Crippen LogP contribution in [0.25, 0.3) is 0 Å². The minimum absolute atomic E-state index is 0.00756. The summed E-state index contributed by atoms with van der Waals surface area (Å²) in [6.07, 6.45) is -0.714. The summed E-state index contributed by atoms with van der Waals surface area (Å²) >= 11 is 0. The van der Waals surface area contributed by atoms with Crippen molar-refractivity contribution in [2.45, 2.75) is 20.5 Å². The van der Waals surface area contributed by atoms with Gasteiger partial charge in [0, 0.05) is 11.1 Å². The predicted octanol–water partition coefficient (Wildman–Crippen LogP) is 4.47. The van der Waals surface area contributed by atoms with E-state index in [1.807, 2.05) is 6.92 Å². The van der Waals surface area contributed by atoms with Gasteiger partial charge in [0.25, 0.3) is 0 Å². The molecule has 1 amide bonds. The zero-order chi connectivity index (χ0) is 22.8. The van der Waals surface area contributed by atoms with Crippen LogP contribution in [-0.2, 0) is 20.9 Å². The number of esters is 1. The first-order chi connectivity index (χ1) is 14.8. The zero-order valence-corrected chi connectivity index (χ0v) is 17.7. The highest BCUT2D eigenvalue weighted by atomic mass is 16.6. The molecule has 0 atom stereocenters. The van der Waals surface area contributed by atoms with Crippen LogP contribution in [0.1, 0.15) is 18.1 Å². The second-order valence-electron chi connectivity index (χ2n) is 6.61. The van der Waals surface area contributed by atoms with Crippen LogP contribution in [0.5, 0.6) is 11.5 Å². The average Bonchev–Trinajstić information content (AvgIpc) is 2.76. The Labute approximate surface area is 180 Å². The quantitative estimate of drug-likeness (QED) is 0.264. The van der Waals surface area contributed by atoms with Gasteiger partial charge in [-0.3, -0.25) is 0 Å². The van der Waals surface area contributed by atoms with E-state index in [9.17, 15) is 14.7 Å². The highest BCUT2D eigenvalue weighted by Gasteiger charge is 2.12.